The molecule has 22 heavy (non-hydrogen) atoms. The van der Waals surface area contributed by atoms with Gasteiger partial charge in [0.2, 0.25) is 6.79 Å². The van der Waals surface area contributed by atoms with E-state index >= 15 is 0 Å². The quantitative estimate of drug-likeness (QED) is 0.943. The van der Waals surface area contributed by atoms with Gasteiger partial charge in [0.15, 0.2) is 11.5 Å². The number of fused-ring (bicyclic) bond motifs is 1. The Morgan fingerprint density at radius 3 is 2.86 bits per heavy atom. The van der Waals surface area contributed by atoms with Gasteiger partial charge < -0.3 is 19.7 Å². The maximum atomic E-state index is 12.4. The number of urea groups is 1. The van der Waals surface area contributed by atoms with Crippen LogP contribution in [0.2, 0.25) is 0 Å². The summed E-state index contributed by atoms with van der Waals surface area (Å²) in [7, 11) is 0. The van der Waals surface area contributed by atoms with Gasteiger partial charge in [-0.15, -0.1) is 0 Å². The lowest BCUT2D eigenvalue weighted by atomic mass is 10.1. The normalized spacial score (nSPS) is 12.0. The molecule has 2 aromatic rings. The number of carbonyl (C=O) groups excluding carboxylic acids is 1. The SMILES string of the molecule is CCN(Cc1cccc2c1OCO2)C(=O)Nc1ccncc1. The molecule has 0 bridgehead atoms. The van der Waals surface area contributed by atoms with Crippen LogP contribution in [0.1, 0.15) is 12.5 Å². The summed E-state index contributed by atoms with van der Waals surface area (Å²) in [5.41, 5.74) is 1.65. The average Bonchev–Trinajstić information content (AvgIpc) is 3.02. The van der Waals surface area contributed by atoms with E-state index in [0.29, 0.717) is 13.1 Å². The number of benzene rings is 1. The molecule has 6 nitrogen and oxygen atoms in total. The Morgan fingerprint density at radius 2 is 2.09 bits per heavy atom. The molecule has 1 N–H and O–H groups in total. The summed E-state index contributed by atoms with van der Waals surface area (Å²) >= 11 is 0. The van der Waals surface area contributed by atoms with E-state index in [1.54, 1.807) is 29.4 Å². The number of rotatable bonds is 4. The smallest absolute Gasteiger partial charge is 0.322 e. The monoisotopic (exact) mass is 299 g/mol. The molecule has 0 radical (unpaired) electrons. The van der Waals surface area contributed by atoms with E-state index in [2.05, 4.69) is 10.3 Å². The van der Waals surface area contributed by atoms with Gasteiger partial charge >= 0.3 is 6.03 Å². The molecule has 2 heterocycles. The second-order valence-electron chi connectivity index (χ2n) is 4.83. The molecular formula is C16H17N3O3. The number of anilines is 1. The lowest BCUT2D eigenvalue weighted by molar-refractivity contribution is 0.172. The van der Waals surface area contributed by atoms with E-state index in [1.807, 2.05) is 25.1 Å². The summed E-state index contributed by atoms with van der Waals surface area (Å²) in [5.74, 6) is 1.45. The third-order valence-electron chi connectivity index (χ3n) is 3.44. The molecule has 6 heteroatoms. The second kappa shape index (κ2) is 6.34. The highest BCUT2D eigenvalue weighted by molar-refractivity contribution is 5.89. The highest BCUT2D eigenvalue weighted by Crippen LogP contribution is 2.35. The predicted octanol–water partition coefficient (Wildman–Crippen LogP) is 2.86. The van der Waals surface area contributed by atoms with Crippen molar-refractivity contribution in [3.8, 4) is 11.5 Å². The lowest BCUT2D eigenvalue weighted by Gasteiger charge is -2.22. The fraction of sp³-hybridized carbons (Fsp3) is 0.250. The van der Waals surface area contributed by atoms with Crippen LogP contribution in [0.5, 0.6) is 11.5 Å². The van der Waals surface area contributed by atoms with Crippen molar-refractivity contribution in [1.29, 1.82) is 0 Å². The Balaban J connectivity index is 1.72. The Morgan fingerprint density at radius 1 is 1.27 bits per heavy atom. The van der Waals surface area contributed by atoms with Crippen LogP contribution in [0.4, 0.5) is 10.5 Å². The summed E-state index contributed by atoms with van der Waals surface area (Å²) in [4.78, 5) is 18.0. The summed E-state index contributed by atoms with van der Waals surface area (Å²) < 4.78 is 10.8. The van der Waals surface area contributed by atoms with Crippen LogP contribution in [0.15, 0.2) is 42.7 Å². The molecule has 2 amide bonds. The topological polar surface area (TPSA) is 63.7 Å². The molecule has 114 valence electrons. The van der Waals surface area contributed by atoms with Crippen molar-refractivity contribution in [2.24, 2.45) is 0 Å². The summed E-state index contributed by atoms with van der Waals surface area (Å²) in [6.45, 7) is 3.20. The van der Waals surface area contributed by atoms with Crippen molar-refractivity contribution in [2.45, 2.75) is 13.5 Å². The number of amides is 2. The highest BCUT2D eigenvalue weighted by Gasteiger charge is 2.20. The van der Waals surface area contributed by atoms with Crippen molar-refractivity contribution in [3.05, 3.63) is 48.3 Å². The van der Waals surface area contributed by atoms with Crippen molar-refractivity contribution < 1.29 is 14.3 Å². The first-order valence-electron chi connectivity index (χ1n) is 7.11. The van der Waals surface area contributed by atoms with Crippen molar-refractivity contribution in [2.75, 3.05) is 18.7 Å². The van der Waals surface area contributed by atoms with Crippen molar-refractivity contribution >= 4 is 11.7 Å². The average molecular weight is 299 g/mol. The Labute approximate surface area is 128 Å². The largest absolute Gasteiger partial charge is 0.454 e. The van der Waals surface area contributed by atoms with Gasteiger partial charge in [0.05, 0.1) is 6.54 Å². The molecular weight excluding hydrogens is 282 g/mol. The van der Waals surface area contributed by atoms with E-state index < -0.39 is 0 Å². The number of carbonyl (C=O) groups is 1. The first-order valence-corrected chi connectivity index (χ1v) is 7.11. The van der Waals surface area contributed by atoms with Crippen LogP contribution >= 0.6 is 0 Å². The maximum absolute atomic E-state index is 12.4. The van der Waals surface area contributed by atoms with Gasteiger partial charge in [-0.2, -0.15) is 0 Å². The van der Waals surface area contributed by atoms with Crippen LogP contribution in [-0.2, 0) is 6.54 Å². The van der Waals surface area contributed by atoms with Crippen LogP contribution < -0.4 is 14.8 Å². The molecule has 0 atom stereocenters. The maximum Gasteiger partial charge on any atom is 0.322 e. The molecule has 0 unspecified atom stereocenters. The first-order chi connectivity index (χ1) is 10.8. The Hall–Kier alpha value is -2.76. The minimum atomic E-state index is -0.162. The van der Waals surface area contributed by atoms with Gasteiger partial charge in [0, 0.05) is 30.2 Å². The minimum Gasteiger partial charge on any atom is -0.454 e. The van der Waals surface area contributed by atoms with Crippen LogP contribution in [0.3, 0.4) is 0 Å². The summed E-state index contributed by atoms with van der Waals surface area (Å²) in [6.07, 6.45) is 3.28. The predicted molar refractivity (Wildman–Crippen MR) is 81.9 cm³/mol. The molecule has 3 rings (SSSR count). The number of hydrogen-bond acceptors (Lipinski definition) is 4. The molecule has 0 spiro atoms. The van der Waals surface area contributed by atoms with Crippen LogP contribution in [-0.4, -0.2) is 29.3 Å². The van der Waals surface area contributed by atoms with Crippen LogP contribution in [0, 0.1) is 0 Å². The number of nitrogens with one attached hydrogen (secondary N) is 1. The van der Waals surface area contributed by atoms with Gasteiger partial charge in [-0.05, 0) is 25.1 Å². The first kappa shape index (κ1) is 14.2. The van der Waals surface area contributed by atoms with Gasteiger partial charge in [-0.1, -0.05) is 12.1 Å². The number of para-hydroxylation sites is 1. The van der Waals surface area contributed by atoms with E-state index in [0.717, 1.165) is 22.7 Å². The van der Waals surface area contributed by atoms with Crippen molar-refractivity contribution in [3.63, 3.8) is 0 Å². The zero-order valence-electron chi connectivity index (χ0n) is 12.3. The number of nitrogens with zero attached hydrogens (tertiary/aromatic N) is 2. The standard InChI is InChI=1S/C16H17N3O3/c1-2-19(16(20)18-13-6-8-17-9-7-13)10-12-4-3-5-14-15(12)22-11-21-14/h3-9H,2,10-11H2,1H3,(H,17,18,20). The van der Waals surface area contributed by atoms with E-state index in [-0.39, 0.29) is 12.8 Å². The third kappa shape index (κ3) is 2.95. The number of ether oxygens (including phenoxy) is 2. The minimum absolute atomic E-state index is 0.162. The van der Waals surface area contributed by atoms with Gasteiger partial charge in [-0.25, -0.2) is 4.79 Å². The zero-order chi connectivity index (χ0) is 15.4. The molecule has 0 aliphatic carbocycles. The van der Waals surface area contributed by atoms with Gasteiger partial charge in [-0.3, -0.25) is 4.98 Å². The fourth-order valence-corrected chi connectivity index (χ4v) is 2.29. The van der Waals surface area contributed by atoms with E-state index in [1.165, 1.54) is 0 Å². The number of pyridine rings is 1. The fourth-order valence-electron chi connectivity index (χ4n) is 2.29. The summed E-state index contributed by atoms with van der Waals surface area (Å²) in [5, 5.41) is 2.86. The second-order valence-corrected chi connectivity index (χ2v) is 4.83. The Bertz CT molecular complexity index is 661. The molecule has 0 saturated carbocycles. The molecule has 0 fully saturated rings. The molecule has 1 aromatic carbocycles. The highest BCUT2D eigenvalue weighted by atomic mass is 16.7. The molecule has 1 aliphatic heterocycles. The summed E-state index contributed by atoms with van der Waals surface area (Å²) in [6, 6.07) is 9.04. The Kier molecular flexibility index (Phi) is 4.09. The van der Waals surface area contributed by atoms with Crippen molar-refractivity contribution in [1.82, 2.24) is 9.88 Å². The number of hydrogen-bond donors (Lipinski definition) is 1. The number of aromatic nitrogens is 1. The molecule has 1 aromatic heterocycles. The lowest BCUT2D eigenvalue weighted by Crippen LogP contribution is -2.34. The molecule has 0 saturated heterocycles. The van der Waals surface area contributed by atoms with Gasteiger partial charge in [0.1, 0.15) is 0 Å². The van der Waals surface area contributed by atoms with Crippen LogP contribution in [0.25, 0.3) is 0 Å². The van der Waals surface area contributed by atoms with Gasteiger partial charge in [0.25, 0.3) is 0 Å². The van der Waals surface area contributed by atoms with E-state index in [4.69, 9.17) is 9.47 Å². The zero-order valence-corrected chi connectivity index (χ0v) is 12.3. The third-order valence-corrected chi connectivity index (χ3v) is 3.44. The van der Waals surface area contributed by atoms with E-state index in [9.17, 15) is 4.79 Å². The molecule has 1 aliphatic rings.